The summed E-state index contributed by atoms with van der Waals surface area (Å²) in [5.74, 6) is -0.357. The predicted molar refractivity (Wildman–Crippen MR) is 89.5 cm³/mol. The highest BCUT2D eigenvalue weighted by atomic mass is 16.6. The number of carbonyl (C=O) groups is 2. The number of esters is 1. The molecule has 1 aromatic rings. The molecule has 1 N–H and O–H groups in total. The number of benzene rings is 1. The van der Waals surface area contributed by atoms with Crippen LogP contribution in [-0.4, -0.2) is 55.6 Å². The Balaban J connectivity index is 1.93. The van der Waals surface area contributed by atoms with Crippen LogP contribution in [0.1, 0.15) is 12.8 Å². The number of piperidine rings is 1. The summed E-state index contributed by atoms with van der Waals surface area (Å²) in [6, 6.07) is 4.25. The van der Waals surface area contributed by atoms with Gasteiger partial charge in [0.2, 0.25) is 5.91 Å². The van der Waals surface area contributed by atoms with Crippen LogP contribution in [0.3, 0.4) is 0 Å². The van der Waals surface area contributed by atoms with Crippen molar-refractivity contribution in [2.24, 2.45) is 5.92 Å². The fraction of sp³-hybridized carbons (Fsp3) is 0.500. The molecule has 0 aliphatic carbocycles. The molecule has 25 heavy (non-hydrogen) atoms. The summed E-state index contributed by atoms with van der Waals surface area (Å²) in [7, 11) is 2.78. The van der Waals surface area contributed by atoms with Gasteiger partial charge in [-0.3, -0.25) is 24.6 Å². The van der Waals surface area contributed by atoms with Crippen LogP contribution in [0.25, 0.3) is 0 Å². The van der Waals surface area contributed by atoms with Crippen LogP contribution in [0.5, 0.6) is 5.75 Å². The Bertz CT molecular complexity index is 655. The zero-order valence-electron chi connectivity index (χ0n) is 14.2. The third-order valence-corrected chi connectivity index (χ3v) is 4.16. The number of rotatable bonds is 6. The molecule has 0 bridgehead atoms. The number of nitrogens with one attached hydrogen (secondary N) is 1. The smallest absolute Gasteiger partial charge is 0.308 e. The Morgan fingerprint density at radius 2 is 2.00 bits per heavy atom. The van der Waals surface area contributed by atoms with Gasteiger partial charge in [0, 0.05) is 0 Å². The zero-order valence-corrected chi connectivity index (χ0v) is 14.2. The van der Waals surface area contributed by atoms with Crippen molar-refractivity contribution in [1.29, 1.82) is 0 Å². The van der Waals surface area contributed by atoms with E-state index < -0.39 is 4.92 Å². The molecule has 136 valence electrons. The second kappa shape index (κ2) is 8.43. The standard InChI is InChI=1S/C16H21N3O6/c1-24-12-3-4-13(14(9-12)19(22)23)17-15(20)10-18-7-5-11(6-8-18)16(21)25-2/h3-4,9,11H,5-8,10H2,1-2H3,(H,17,20). The second-order valence-corrected chi connectivity index (χ2v) is 5.76. The van der Waals surface area contributed by atoms with Gasteiger partial charge in [0.15, 0.2) is 0 Å². The second-order valence-electron chi connectivity index (χ2n) is 5.76. The number of nitro groups is 1. The summed E-state index contributed by atoms with van der Waals surface area (Å²) in [5.41, 5.74) is -0.0997. The Kier molecular flexibility index (Phi) is 6.29. The molecule has 0 spiro atoms. The number of nitrogens with zero attached hydrogens (tertiary/aromatic N) is 2. The minimum atomic E-state index is -0.569. The minimum Gasteiger partial charge on any atom is -0.496 e. The van der Waals surface area contributed by atoms with Crippen LogP contribution >= 0.6 is 0 Å². The highest BCUT2D eigenvalue weighted by Crippen LogP contribution is 2.29. The van der Waals surface area contributed by atoms with Crippen molar-refractivity contribution in [2.75, 3.05) is 39.2 Å². The molecule has 2 rings (SSSR count). The van der Waals surface area contributed by atoms with Gasteiger partial charge >= 0.3 is 5.97 Å². The highest BCUT2D eigenvalue weighted by Gasteiger charge is 2.27. The van der Waals surface area contributed by atoms with Crippen molar-refractivity contribution < 1.29 is 24.0 Å². The maximum atomic E-state index is 12.2. The summed E-state index contributed by atoms with van der Waals surface area (Å²) in [4.78, 5) is 36.2. The van der Waals surface area contributed by atoms with Crippen LogP contribution in [0.15, 0.2) is 18.2 Å². The molecule has 0 radical (unpaired) electrons. The molecule has 1 saturated heterocycles. The third-order valence-electron chi connectivity index (χ3n) is 4.16. The van der Waals surface area contributed by atoms with Gasteiger partial charge in [-0.15, -0.1) is 0 Å². The van der Waals surface area contributed by atoms with Crippen molar-refractivity contribution in [3.63, 3.8) is 0 Å². The van der Waals surface area contributed by atoms with Crippen molar-refractivity contribution >= 4 is 23.3 Å². The number of likely N-dealkylation sites (tertiary alicyclic amines) is 1. The Labute approximate surface area is 145 Å². The number of nitro benzene ring substituents is 1. The molecule has 0 unspecified atom stereocenters. The first-order chi connectivity index (χ1) is 11.9. The lowest BCUT2D eigenvalue weighted by molar-refractivity contribution is -0.384. The molecule has 0 saturated carbocycles. The van der Waals surface area contributed by atoms with E-state index in [0.717, 1.165) is 0 Å². The number of anilines is 1. The van der Waals surface area contributed by atoms with Crippen LogP contribution in [0.2, 0.25) is 0 Å². The van der Waals surface area contributed by atoms with E-state index in [0.29, 0.717) is 31.7 Å². The average Bonchev–Trinajstić information content (AvgIpc) is 2.61. The van der Waals surface area contributed by atoms with Gasteiger partial charge in [-0.2, -0.15) is 0 Å². The molecule has 1 heterocycles. The van der Waals surface area contributed by atoms with Gasteiger partial charge in [0.25, 0.3) is 5.69 Å². The highest BCUT2D eigenvalue weighted by molar-refractivity contribution is 5.94. The number of ether oxygens (including phenoxy) is 2. The van der Waals surface area contributed by atoms with Gasteiger partial charge in [-0.1, -0.05) is 0 Å². The molecule has 9 nitrogen and oxygen atoms in total. The first-order valence-electron chi connectivity index (χ1n) is 7.87. The number of amides is 1. The minimum absolute atomic E-state index is 0.108. The number of carbonyl (C=O) groups excluding carboxylic acids is 2. The zero-order chi connectivity index (χ0) is 18.4. The molecule has 1 fully saturated rings. The molecule has 1 amide bonds. The van der Waals surface area contributed by atoms with E-state index in [1.807, 2.05) is 4.90 Å². The molecule has 1 aromatic carbocycles. The van der Waals surface area contributed by atoms with Crippen molar-refractivity contribution in [1.82, 2.24) is 4.90 Å². The van der Waals surface area contributed by atoms with Gasteiger partial charge in [-0.25, -0.2) is 0 Å². The fourth-order valence-electron chi connectivity index (χ4n) is 2.78. The maximum absolute atomic E-state index is 12.2. The van der Waals surface area contributed by atoms with Crippen molar-refractivity contribution in [3.05, 3.63) is 28.3 Å². The summed E-state index contributed by atoms with van der Waals surface area (Å²) < 4.78 is 9.69. The lowest BCUT2D eigenvalue weighted by Gasteiger charge is -2.29. The SMILES string of the molecule is COC(=O)C1CCN(CC(=O)Nc2ccc(OC)cc2[N+](=O)[O-])CC1. The van der Waals surface area contributed by atoms with E-state index in [1.54, 1.807) is 6.07 Å². The summed E-state index contributed by atoms with van der Waals surface area (Å²) in [5, 5.41) is 13.7. The van der Waals surface area contributed by atoms with Crippen molar-refractivity contribution in [3.8, 4) is 5.75 Å². The average molecular weight is 351 g/mol. The number of hydrogen-bond donors (Lipinski definition) is 1. The van der Waals surface area contributed by atoms with E-state index >= 15 is 0 Å². The number of hydrogen-bond acceptors (Lipinski definition) is 7. The van der Waals surface area contributed by atoms with E-state index in [-0.39, 0.29) is 35.7 Å². The maximum Gasteiger partial charge on any atom is 0.308 e. The van der Waals surface area contributed by atoms with E-state index in [9.17, 15) is 19.7 Å². The lowest BCUT2D eigenvalue weighted by atomic mass is 9.97. The van der Waals surface area contributed by atoms with E-state index in [4.69, 9.17) is 9.47 Å². The molecule has 0 atom stereocenters. The molecule has 0 aromatic heterocycles. The van der Waals surface area contributed by atoms with Gasteiger partial charge in [-0.05, 0) is 38.1 Å². The quantitative estimate of drug-likeness (QED) is 0.469. The van der Waals surface area contributed by atoms with Crippen LogP contribution in [-0.2, 0) is 14.3 Å². The van der Waals surface area contributed by atoms with Crippen LogP contribution in [0, 0.1) is 16.0 Å². The Morgan fingerprint density at radius 1 is 1.32 bits per heavy atom. The molecule has 9 heteroatoms. The first kappa shape index (κ1) is 18.7. The molecule has 1 aliphatic heterocycles. The molecular weight excluding hydrogens is 330 g/mol. The Hall–Kier alpha value is -2.68. The summed E-state index contributed by atoms with van der Waals surface area (Å²) in [6.07, 6.45) is 1.26. The summed E-state index contributed by atoms with van der Waals surface area (Å²) in [6.45, 7) is 1.30. The van der Waals surface area contributed by atoms with Gasteiger partial charge in [0.05, 0.1) is 37.7 Å². The van der Waals surface area contributed by atoms with E-state index in [1.165, 1.54) is 26.4 Å². The fourth-order valence-corrected chi connectivity index (χ4v) is 2.78. The lowest BCUT2D eigenvalue weighted by Crippen LogP contribution is -2.41. The van der Waals surface area contributed by atoms with Crippen LogP contribution < -0.4 is 10.1 Å². The number of methoxy groups -OCH3 is 2. The first-order valence-corrected chi connectivity index (χ1v) is 7.87. The monoisotopic (exact) mass is 351 g/mol. The molecular formula is C16H21N3O6. The Morgan fingerprint density at radius 3 is 2.56 bits per heavy atom. The largest absolute Gasteiger partial charge is 0.496 e. The topological polar surface area (TPSA) is 111 Å². The molecule has 1 aliphatic rings. The predicted octanol–water partition coefficient (Wildman–Crippen LogP) is 1.43. The third kappa shape index (κ3) is 4.90. The van der Waals surface area contributed by atoms with E-state index in [2.05, 4.69) is 5.32 Å². The van der Waals surface area contributed by atoms with Crippen LogP contribution in [0.4, 0.5) is 11.4 Å². The van der Waals surface area contributed by atoms with Gasteiger partial charge < -0.3 is 14.8 Å². The normalized spacial score (nSPS) is 15.4. The summed E-state index contributed by atoms with van der Waals surface area (Å²) >= 11 is 0. The van der Waals surface area contributed by atoms with Gasteiger partial charge in [0.1, 0.15) is 11.4 Å². The van der Waals surface area contributed by atoms with Crippen molar-refractivity contribution in [2.45, 2.75) is 12.8 Å².